The van der Waals surface area contributed by atoms with E-state index in [2.05, 4.69) is 10.3 Å². The van der Waals surface area contributed by atoms with Gasteiger partial charge in [-0.05, 0) is 25.3 Å². The Hall–Kier alpha value is -2.87. The molecule has 0 radical (unpaired) electrons. The van der Waals surface area contributed by atoms with Crippen LogP contribution in [0.2, 0.25) is 0 Å². The maximum Gasteiger partial charge on any atom is 0.434 e. The van der Waals surface area contributed by atoms with E-state index in [0.29, 0.717) is 36.6 Å². The molecule has 180 valence electrons. The van der Waals surface area contributed by atoms with Gasteiger partial charge in [-0.3, -0.25) is 13.9 Å². The van der Waals surface area contributed by atoms with E-state index in [1.807, 2.05) is 0 Å². The highest BCUT2D eigenvalue weighted by Crippen LogP contribution is 2.30. The minimum Gasteiger partial charge on any atom is -0.463 e. The standard InChI is InChI=1S/C19H22F3N5O5S/c1-10-12(8-25-5-4-23-16(25)24-17(29)30)33-15-13(10)14(28)27(9-19(20,21)22)18(31)26(15)7-11-3-2-6-32-11/h11H,2-9H2,1H3,(H,23,24)(H,29,30). The molecule has 2 aromatic heterocycles. The van der Waals surface area contributed by atoms with Gasteiger partial charge < -0.3 is 20.1 Å². The van der Waals surface area contributed by atoms with Crippen molar-refractivity contribution < 1.29 is 27.8 Å². The Morgan fingerprint density at radius 2 is 2.09 bits per heavy atom. The number of carboxylic acid groups (broad SMARTS) is 1. The summed E-state index contributed by atoms with van der Waals surface area (Å²) in [4.78, 5) is 43.0. The molecule has 2 aliphatic rings. The number of rotatable bonds is 5. The maximum absolute atomic E-state index is 13.2. The lowest BCUT2D eigenvalue weighted by atomic mass is 10.2. The molecular weight excluding hydrogens is 467 g/mol. The van der Waals surface area contributed by atoms with Crippen molar-refractivity contribution in [3.8, 4) is 0 Å². The number of hydrogen-bond acceptors (Lipinski definition) is 5. The number of halogens is 3. The normalized spacial score (nSPS) is 20.2. The number of nitrogens with zero attached hydrogens (tertiary/aromatic N) is 4. The van der Waals surface area contributed by atoms with Gasteiger partial charge >= 0.3 is 18.0 Å². The second-order valence-corrected chi connectivity index (χ2v) is 9.02. The summed E-state index contributed by atoms with van der Waals surface area (Å²) in [6.45, 7) is 1.61. The molecule has 0 saturated carbocycles. The molecule has 1 unspecified atom stereocenters. The van der Waals surface area contributed by atoms with Crippen molar-refractivity contribution in [2.45, 2.75) is 51.7 Å². The first-order chi connectivity index (χ1) is 15.5. The van der Waals surface area contributed by atoms with Crippen molar-refractivity contribution in [1.82, 2.24) is 19.4 Å². The Kier molecular flexibility index (Phi) is 6.22. The van der Waals surface area contributed by atoms with Crippen molar-refractivity contribution in [2.24, 2.45) is 4.99 Å². The quantitative estimate of drug-likeness (QED) is 0.657. The number of thiophene rings is 1. The fourth-order valence-electron chi connectivity index (χ4n) is 4.11. The molecule has 10 nitrogen and oxygen atoms in total. The first-order valence-electron chi connectivity index (χ1n) is 10.3. The molecule has 14 heteroatoms. The van der Waals surface area contributed by atoms with Crippen LogP contribution in [0.1, 0.15) is 23.3 Å². The third-order valence-electron chi connectivity index (χ3n) is 5.64. The molecule has 2 fully saturated rings. The van der Waals surface area contributed by atoms with Gasteiger partial charge in [0.25, 0.3) is 5.56 Å². The Bertz CT molecular complexity index is 1230. The number of aromatic nitrogens is 2. The van der Waals surface area contributed by atoms with Crippen molar-refractivity contribution >= 4 is 33.6 Å². The minimum absolute atomic E-state index is 0.0455. The van der Waals surface area contributed by atoms with Gasteiger partial charge in [0.2, 0.25) is 5.96 Å². The van der Waals surface area contributed by atoms with Gasteiger partial charge in [0.05, 0.1) is 24.6 Å². The molecule has 33 heavy (non-hydrogen) atoms. The molecule has 2 saturated heterocycles. The number of amides is 1. The van der Waals surface area contributed by atoms with Gasteiger partial charge in [0, 0.05) is 24.6 Å². The summed E-state index contributed by atoms with van der Waals surface area (Å²) in [5.41, 5.74) is -1.56. The van der Waals surface area contributed by atoms with Gasteiger partial charge in [-0.2, -0.15) is 13.2 Å². The van der Waals surface area contributed by atoms with Crippen molar-refractivity contribution in [2.75, 3.05) is 19.7 Å². The number of nitrogens with one attached hydrogen (secondary N) is 1. The van der Waals surface area contributed by atoms with Crippen LogP contribution in [0.3, 0.4) is 0 Å². The maximum atomic E-state index is 13.2. The lowest BCUT2D eigenvalue weighted by Gasteiger charge is -2.16. The predicted octanol–water partition coefficient (Wildman–Crippen LogP) is 1.71. The average Bonchev–Trinajstić information content (AvgIpc) is 3.44. The Balaban J connectivity index is 1.83. The molecule has 4 heterocycles. The molecule has 0 spiro atoms. The second kappa shape index (κ2) is 8.82. The van der Waals surface area contributed by atoms with E-state index < -0.39 is 30.1 Å². The van der Waals surface area contributed by atoms with Crippen LogP contribution in [-0.4, -0.2) is 63.2 Å². The lowest BCUT2D eigenvalue weighted by molar-refractivity contribution is -0.142. The number of fused-ring (bicyclic) bond motifs is 1. The summed E-state index contributed by atoms with van der Waals surface area (Å²) in [5, 5.41) is 11.9. The fourth-order valence-corrected chi connectivity index (χ4v) is 5.43. The van der Waals surface area contributed by atoms with E-state index in [-0.39, 0.29) is 39.9 Å². The number of hydrogen-bond donors (Lipinski definition) is 2. The van der Waals surface area contributed by atoms with Crippen molar-refractivity contribution in [3.63, 3.8) is 0 Å². The third-order valence-corrected chi connectivity index (χ3v) is 6.94. The van der Waals surface area contributed by atoms with Crippen LogP contribution in [-0.2, 0) is 24.4 Å². The van der Waals surface area contributed by atoms with Crippen LogP contribution in [0.4, 0.5) is 18.0 Å². The van der Waals surface area contributed by atoms with E-state index >= 15 is 0 Å². The first-order valence-corrected chi connectivity index (χ1v) is 11.1. The molecule has 4 rings (SSSR count). The van der Waals surface area contributed by atoms with Gasteiger partial charge in [-0.25, -0.2) is 9.59 Å². The molecule has 2 aliphatic heterocycles. The summed E-state index contributed by atoms with van der Waals surface area (Å²) in [6, 6.07) is 0. The van der Waals surface area contributed by atoms with Gasteiger partial charge in [0.15, 0.2) is 0 Å². The number of aliphatic imine (C=N–C) groups is 1. The highest BCUT2D eigenvalue weighted by molar-refractivity contribution is 7.18. The van der Waals surface area contributed by atoms with Gasteiger partial charge in [0.1, 0.15) is 11.4 Å². The van der Waals surface area contributed by atoms with Crippen LogP contribution in [0.5, 0.6) is 0 Å². The van der Waals surface area contributed by atoms with Crippen LogP contribution in [0.15, 0.2) is 14.6 Å². The largest absolute Gasteiger partial charge is 0.463 e. The SMILES string of the molecule is Cc1c(CN2CCN/C2=N\C(=O)O)sc2c1c(=O)n(CC(F)(F)F)c(=O)n2CC1CCCO1. The Labute approximate surface area is 188 Å². The van der Waals surface area contributed by atoms with E-state index in [4.69, 9.17) is 9.84 Å². The van der Waals surface area contributed by atoms with Crippen molar-refractivity contribution in [3.05, 3.63) is 31.3 Å². The van der Waals surface area contributed by atoms with Crippen LogP contribution in [0.25, 0.3) is 10.2 Å². The molecule has 1 atom stereocenters. The predicted molar refractivity (Wildman–Crippen MR) is 114 cm³/mol. The summed E-state index contributed by atoms with van der Waals surface area (Å²) in [5.74, 6) is 0.158. The third kappa shape index (κ3) is 4.76. The van der Waals surface area contributed by atoms with E-state index in [0.717, 1.165) is 17.8 Å². The van der Waals surface area contributed by atoms with Gasteiger partial charge in [-0.1, -0.05) is 0 Å². The number of aryl methyl sites for hydroxylation is 1. The van der Waals surface area contributed by atoms with E-state index in [1.54, 1.807) is 11.8 Å². The van der Waals surface area contributed by atoms with Gasteiger partial charge in [-0.15, -0.1) is 16.3 Å². The smallest absolute Gasteiger partial charge is 0.434 e. The number of carbonyl (C=O) groups is 1. The Morgan fingerprint density at radius 1 is 1.33 bits per heavy atom. The zero-order valence-electron chi connectivity index (χ0n) is 17.6. The van der Waals surface area contributed by atoms with Crippen LogP contribution >= 0.6 is 11.3 Å². The van der Waals surface area contributed by atoms with E-state index in [9.17, 15) is 27.6 Å². The summed E-state index contributed by atoms with van der Waals surface area (Å²) in [6.07, 6.45) is -4.98. The number of alkyl halides is 3. The molecular formula is C19H22F3N5O5S. The highest BCUT2D eigenvalue weighted by atomic mass is 32.1. The molecule has 0 bridgehead atoms. The number of ether oxygens (including phenoxy) is 1. The highest BCUT2D eigenvalue weighted by Gasteiger charge is 2.32. The second-order valence-electron chi connectivity index (χ2n) is 7.93. The average molecular weight is 489 g/mol. The summed E-state index contributed by atoms with van der Waals surface area (Å²) < 4.78 is 46.5. The topological polar surface area (TPSA) is 118 Å². The lowest BCUT2D eigenvalue weighted by Crippen LogP contribution is -2.44. The molecule has 2 N–H and O–H groups in total. The minimum atomic E-state index is -4.74. The molecule has 0 aromatic carbocycles. The fraction of sp³-hybridized carbons (Fsp3) is 0.579. The van der Waals surface area contributed by atoms with E-state index in [1.165, 1.54) is 4.57 Å². The number of guanidine groups is 1. The Morgan fingerprint density at radius 3 is 2.73 bits per heavy atom. The molecule has 0 aliphatic carbocycles. The summed E-state index contributed by atoms with van der Waals surface area (Å²) >= 11 is 1.14. The summed E-state index contributed by atoms with van der Waals surface area (Å²) in [7, 11) is 0. The van der Waals surface area contributed by atoms with Crippen LogP contribution in [0, 0.1) is 6.92 Å². The first kappa shape index (κ1) is 23.3. The molecule has 2 aromatic rings. The zero-order valence-corrected chi connectivity index (χ0v) is 18.5. The van der Waals surface area contributed by atoms with Crippen LogP contribution < -0.4 is 16.6 Å². The van der Waals surface area contributed by atoms with Crippen molar-refractivity contribution in [1.29, 1.82) is 0 Å². The molecule has 1 amide bonds. The zero-order chi connectivity index (χ0) is 23.9. The monoisotopic (exact) mass is 489 g/mol.